The number of aromatic nitrogens is 1. The van der Waals surface area contributed by atoms with E-state index in [0.29, 0.717) is 12.1 Å². The Morgan fingerprint density at radius 1 is 1.14 bits per heavy atom. The van der Waals surface area contributed by atoms with E-state index in [-0.39, 0.29) is 24.4 Å². The number of aromatic amines is 1. The summed E-state index contributed by atoms with van der Waals surface area (Å²) in [6.45, 7) is 4.81. The van der Waals surface area contributed by atoms with Gasteiger partial charge in [-0.15, -0.1) is 0 Å². The molecule has 0 saturated heterocycles. The Bertz CT molecular complexity index is 1040. The van der Waals surface area contributed by atoms with Crippen LogP contribution < -0.4 is 5.32 Å². The zero-order valence-electron chi connectivity index (χ0n) is 16.3. The number of para-hydroxylation sites is 1. The molecule has 2 N–H and O–H groups in total. The molecule has 28 heavy (non-hydrogen) atoms. The third-order valence-corrected chi connectivity index (χ3v) is 5.44. The molecule has 1 unspecified atom stereocenters. The minimum atomic E-state index is -0.267. The van der Waals surface area contributed by atoms with Crippen LogP contribution in [0.25, 0.3) is 10.9 Å². The van der Waals surface area contributed by atoms with Gasteiger partial charge in [0.2, 0.25) is 5.91 Å². The molecule has 1 aliphatic heterocycles. The van der Waals surface area contributed by atoms with Crippen LogP contribution in [0.3, 0.4) is 0 Å². The van der Waals surface area contributed by atoms with Crippen LogP contribution in [-0.2, 0) is 4.79 Å². The van der Waals surface area contributed by atoms with Crippen molar-refractivity contribution in [3.63, 3.8) is 0 Å². The normalized spacial score (nSPS) is 15.9. The van der Waals surface area contributed by atoms with Crippen LogP contribution >= 0.6 is 0 Å². The molecule has 2 aromatic carbocycles. The highest BCUT2D eigenvalue weighted by molar-refractivity contribution is 6.02. The number of unbranched alkanes of at least 4 members (excludes halogenated alkanes) is 1. The summed E-state index contributed by atoms with van der Waals surface area (Å²) in [5.74, 6) is -0.201. The first kappa shape index (κ1) is 18.3. The minimum absolute atomic E-state index is 0.0564. The molecule has 2 amide bonds. The van der Waals surface area contributed by atoms with Crippen molar-refractivity contribution < 1.29 is 9.59 Å². The Hall–Kier alpha value is -3.08. The van der Waals surface area contributed by atoms with Gasteiger partial charge in [0.15, 0.2) is 0 Å². The molecule has 0 bridgehead atoms. The number of benzene rings is 2. The summed E-state index contributed by atoms with van der Waals surface area (Å²) in [6, 6.07) is 15.5. The molecule has 0 saturated carbocycles. The molecule has 0 aliphatic carbocycles. The summed E-state index contributed by atoms with van der Waals surface area (Å²) in [6.07, 6.45) is 1.95. The number of H-pyrrole nitrogens is 1. The lowest BCUT2D eigenvalue weighted by molar-refractivity contribution is -0.122. The van der Waals surface area contributed by atoms with Gasteiger partial charge in [0.05, 0.1) is 6.04 Å². The van der Waals surface area contributed by atoms with Crippen molar-refractivity contribution in [2.75, 3.05) is 13.1 Å². The fourth-order valence-electron chi connectivity index (χ4n) is 4.11. The number of hydrogen-bond acceptors (Lipinski definition) is 2. The number of amides is 2. The Kier molecular flexibility index (Phi) is 4.90. The van der Waals surface area contributed by atoms with E-state index < -0.39 is 0 Å². The van der Waals surface area contributed by atoms with Crippen molar-refractivity contribution in [2.24, 2.45) is 0 Å². The number of aryl methyl sites for hydroxylation is 1. The standard InChI is InChI=1S/C23H25N3O2/c1-3-4-13-24-20(27)14-26-22(16-9-5-6-10-17(16)23(26)28)21-15(2)25-19-12-8-7-11-18(19)21/h5-12,22,25H,3-4,13-14H2,1-2H3,(H,24,27). The second-order valence-corrected chi connectivity index (χ2v) is 7.34. The van der Waals surface area contributed by atoms with Crippen molar-refractivity contribution in [3.05, 3.63) is 70.9 Å². The second-order valence-electron chi connectivity index (χ2n) is 7.34. The third kappa shape index (κ3) is 3.07. The molecule has 4 rings (SSSR count). The van der Waals surface area contributed by atoms with Crippen molar-refractivity contribution in [2.45, 2.75) is 32.7 Å². The first-order chi connectivity index (χ1) is 13.6. The van der Waals surface area contributed by atoms with E-state index in [9.17, 15) is 9.59 Å². The van der Waals surface area contributed by atoms with Crippen molar-refractivity contribution >= 4 is 22.7 Å². The number of nitrogens with zero attached hydrogens (tertiary/aromatic N) is 1. The summed E-state index contributed by atoms with van der Waals surface area (Å²) in [7, 11) is 0. The molecule has 2 heterocycles. The van der Waals surface area contributed by atoms with Gasteiger partial charge in [-0.05, 0) is 31.0 Å². The average molecular weight is 375 g/mol. The van der Waals surface area contributed by atoms with Crippen LogP contribution in [0.4, 0.5) is 0 Å². The van der Waals surface area contributed by atoms with Crippen molar-refractivity contribution in [1.82, 2.24) is 15.2 Å². The van der Waals surface area contributed by atoms with Crippen LogP contribution in [0.2, 0.25) is 0 Å². The Labute approximate surface area is 164 Å². The van der Waals surface area contributed by atoms with E-state index in [0.717, 1.165) is 40.6 Å². The molecular formula is C23H25N3O2. The average Bonchev–Trinajstić information content (AvgIpc) is 3.16. The smallest absolute Gasteiger partial charge is 0.255 e. The highest BCUT2D eigenvalue weighted by Gasteiger charge is 2.40. The first-order valence-corrected chi connectivity index (χ1v) is 9.85. The largest absolute Gasteiger partial charge is 0.358 e. The van der Waals surface area contributed by atoms with Gasteiger partial charge >= 0.3 is 0 Å². The summed E-state index contributed by atoms with van der Waals surface area (Å²) in [5.41, 5.74) is 4.77. The molecule has 5 heteroatoms. The van der Waals surface area contributed by atoms with Gasteiger partial charge in [-0.25, -0.2) is 0 Å². The fraction of sp³-hybridized carbons (Fsp3) is 0.304. The van der Waals surface area contributed by atoms with E-state index in [1.54, 1.807) is 4.90 Å². The summed E-state index contributed by atoms with van der Waals surface area (Å²) in [5, 5.41) is 4.02. The van der Waals surface area contributed by atoms with Crippen LogP contribution in [0.15, 0.2) is 48.5 Å². The van der Waals surface area contributed by atoms with Gasteiger partial charge in [0.1, 0.15) is 6.54 Å². The van der Waals surface area contributed by atoms with Crippen LogP contribution in [-0.4, -0.2) is 34.8 Å². The molecule has 144 valence electrons. The Morgan fingerprint density at radius 2 is 1.89 bits per heavy atom. The van der Waals surface area contributed by atoms with Gasteiger partial charge < -0.3 is 15.2 Å². The third-order valence-electron chi connectivity index (χ3n) is 5.44. The fourth-order valence-corrected chi connectivity index (χ4v) is 4.11. The molecule has 1 aliphatic rings. The van der Waals surface area contributed by atoms with E-state index in [2.05, 4.69) is 23.3 Å². The number of nitrogens with one attached hydrogen (secondary N) is 2. The number of hydrogen-bond donors (Lipinski definition) is 2. The van der Waals surface area contributed by atoms with E-state index in [1.165, 1.54) is 0 Å². The minimum Gasteiger partial charge on any atom is -0.358 e. The first-order valence-electron chi connectivity index (χ1n) is 9.85. The predicted molar refractivity (Wildman–Crippen MR) is 110 cm³/mol. The monoisotopic (exact) mass is 375 g/mol. The van der Waals surface area contributed by atoms with Crippen LogP contribution in [0, 0.1) is 6.92 Å². The quantitative estimate of drug-likeness (QED) is 0.641. The highest BCUT2D eigenvalue weighted by Crippen LogP contribution is 2.42. The molecule has 3 aromatic rings. The van der Waals surface area contributed by atoms with Gasteiger partial charge in [-0.3, -0.25) is 9.59 Å². The van der Waals surface area contributed by atoms with Crippen LogP contribution in [0.1, 0.15) is 53.0 Å². The lowest BCUT2D eigenvalue weighted by Crippen LogP contribution is -2.40. The van der Waals surface area contributed by atoms with Gasteiger partial charge in [-0.2, -0.15) is 0 Å². The zero-order valence-corrected chi connectivity index (χ0v) is 16.3. The number of fused-ring (bicyclic) bond motifs is 2. The molecule has 1 atom stereocenters. The number of carbonyl (C=O) groups is 2. The number of rotatable bonds is 6. The van der Waals surface area contributed by atoms with E-state index in [4.69, 9.17) is 0 Å². The van der Waals surface area contributed by atoms with Crippen molar-refractivity contribution in [3.8, 4) is 0 Å². The maximum atomic E-state index is 13.2. The topological polar surface area (TPSA) is 65.2 Å². The Morgan fingerprint density at radius 3 is 2.71 bits per heavy atom. The molecule has 1 aromatic heterocycles. The molecule has 0 radical (unpaired) electrons. The van der Waals surface area contributed by atoms with Crippen molar-refractivity contribution in [1.29, 1.82) is 0 Å². The van der Waals surface area contributed by atoms with E-state index >= 15 is 0 Å². The van der Waals surface area contributed by atoms with Crippen LogP contribution in [0.5, 0.6) is 0 Å². The zero-order chi connectivity index (χ0) is 19.7. The molecule has 0 spiro atoms. The maximum Gasteiger partial charge on any atom is 0.255 e. The predicted octanol–water partition coefficient (Wildman–Crippen LogP) is 3.94. The maximum absolute atomic E-state index is 13.2. The summed E-state index contributed by atoms with van der Waals surface area (Å²) in [4.78, 5) is 30.8. The lowest BCUT2D eigenvalue weighted by atomic mass is 9.95. The van der Waals surface area contributed by atoms with Gasteiger partial charge in [0.25, 0.3) is 5.91 Å². The molecule has 0 fully saturated rings. The summed E-state index contributed by atoms with van der Waals surface area (Å²) < 4.78 is 0. The summed E-state index contributed by atoms with van der Waals surface area (Å²) >= 11 is 0. The second kappa shape index (κ2) is 7.50. The molecule has 5 nitrogen and oxygen atoms in total. The highest BCUT2D eigenvalue weighted by atomic mass is 16.2. The van der Waals surface area contributed by atoms with Gasteiger partial charge in [-0.1, -0.05) is 49.7 Å². The number of carbonyl (C=O) groups excluding carboxylic acids is 2. The van der Waals surface area contributed by atoms with Gasteiger partial charge in [0, 0.05) is 34.3 Å². The lowest BCUT2D eigenvalue weighted by Gasteiger charge is -2.25. The SMILES string of the molecule is CCCCNC(=O)CN1C(=O)c2ccccc2C1c1c(C)[nH]c2ccccc12. The molecular weight excluding hydrogens is 350 g/mol. The Balaban J connectivity index is 1.76. The van der Waals surface area contributed by atoms with E-state index in [1.807, 2.05) is 49.4 Å².